The number of rotatable bonds is 0. The second-order valence-electron chi connectivity index (χ2n) is 1.15. The molecule has 0 unspecified atom stereocenters. The van der Waals surface area contributed by atoms with Gasteiger partial charge in [-0.1, -0.05) is 36.4 Å². The van der Waals surface area contributed by atoms with Gasteiger partial charge in [0.2, 0.25) is 0 Å². The monoisotopic (exact) mass is 216 g/mol. The molecule has 4 radical (unpaired) electrons. The third-order valence-electron chi connectivity index (χ3n) is 0.667. The van der Waals surface area contributed by atoms with Gasteiger partial charge in [-0.05, 0) is 0 Å². The van der Waals surface area contributed by atoms with Crippen molar-refractivity contribution in [3.63, 3.8) is 0 Å². The van der Waals surface area contributed by atoms with Crippen LogP contribution in [0.25, 0.3) is 0 Å². The molecule has 8 heavy (non-hydrogen) atoms. The van der Waals surface area contributed by atoms with E-state index in [0.29, 0.717) is 0 Å². The summed E-state index contributed by atoms with van der Waals surface area (Å²) >= 11 is 0. The zero-order valence-corrected chi connectivity index (χ0v) is 7.32. The van der Waals surface area contributed by atoms with Crippen LogP contribution in [0.4, 0.5) is 0 Å². The van der Waals surface area contributed by atoms with Gasteiger partial charge < -0.3 is 5.48 Å². The summed E-state index contributed by atoms with van der Waals surface area (Å²) in [5, 5.41) is 0. The zero-order chi connectivity index (χ0) is 4.24. The molecule has 0 aromatic heterocycles. The summed E-state index contributed by atoms with van der Waals surface area (Å²) in [4.78, 5) is 0. The molecule has 2 heteroatoms. The second kappa shape index (κ2) is 6.98. The molecular formula is C6H8OSn. The zero-order valence-electron chi connectivity index (χ0n) is 4.46. The molecular weight excluding hydrogens is 207 g/mol. The van der Waals surface area contributed by atoms with Crippen LogP contribution in [0.3, 0.4) is 0 Å². The summed E-state index contributed by atoms with van der Waals surface area (Å²) in [6, 6.07) is 12.0. The Morgan fingerprint density at radius 1 is 0.500 bits per heavy atom. The normalized spacial score (nSPS) is 6.00. The van der Waals surface area contributed by atoms with Crippen LogP contribution >= 0.6 is 0 Å². The van der Waals surface area contributed by atoms with E-state index < -0.39 is 0 Å². The average Bonchev–Trinajstić information content (AvgIpc) is 1.72. The number of hydrogen-bond donors (Lipinski definition) is 0. The SMILES string of the molecule is O.[Sn].c1ccccc1. The van der Waals surface area contributed by atoms with Crippen molar-refractivity contribution >= 4 is 23.9 Å². The van der Waals surface area contributed by atoms with Crippen LogP contribution < -0.4 is 0 Å². The first-order chi connectivity index (χ1) is 3.00. The second-order valence-corrected chi connectivity index (χ2v) is 1.15. The molecule has 0 saturated carbocycles. The van der Waals surface area contributed by atoms with Crippen molar-refractivity contribution in [3.05, 3.63) is 36.4 Å². The van der Waals surface area contributed by atoms with Gasteiger partial charge in [0.05, 0.1) is 0 Å². The van der Waals surface area contributed by atoms with Crippen LogP contribution in [0.1, 0.15) is 0 Å². The van der Waals surface area contributed by atoms with Gasteiger partial charge in [0.25, 0.3) is 0 Å². The number of hydrogen-bond acceptors (Lipinski definition) is 0. The summed E-state index contributed by atoms with van der Waals surface area (Å²) in [7, 11) is 0. The van der Waals surface area contributed by atoms with E-state index in [9.17, 15) is 0 Å². The molecule has 1 rings (SSSR count). The van der Waals surface area contributed by atoms with Gasteiger partial charge in [0.1, 0.15) is 0 Å². The predicted molar refractivity (Wildman–Crippen MR) is 35.8 cm³/mol. The van der Waals surface area contributed by atoms with Gasteiger partial charge in [0.15, 0.2) is 0 Å². The Bertz CT molecular complexity index is 80.5. The van der Waals surface area contributed by atoms with Crippen molar-refractivity contribution in [1.29, 1.82) is 0 Å². The van der Waals surface area contributed by atoms with Crippen molar-refractivity contribution in [3.8, 4) is 0 Å². The molecule has 0 heterocycles. The summed E-state index contributed by atoms with van der Waals surface area (Å²) in [5.41, 5.74) is 0. The van der Waals surface area contributed by atoms with Crippen LogP contribution in [-0.2, 0) is 0 Å². The van der Waals surface area contributed by atoms with E-state index in [1.165, 1.54) is 0 Å². The fraction of sp³-hybridized carbons (Fsp3) is 0. The fourth-order valence-corrected chi connectivity index (χ4v) is 0.385. The van der Waals surface area contributed by atoms with Crippen molar-refractivity contribution in [1.82, 2.24) is 0 Å². The standard InChI is InChI=1S/C6H6.H2O.Sn/c1-2-4-6-5-3-1;;/h1-6H;1H2;. The summed E-state index contributed by atoms with van der Waals surface area (Å²) in [5.74, 6) is 0. The van der Waals surface area contributed by atoms with E-state index >= 15 is 0 Å². The van der Waals surface area contributed by atoms with Crippen LogP contribution in [0, 0.1) is 0 Å². The first kappa shape index (κ1) is 10.9. The van der Waals surface area contributed by atoms with Crippen LogP contribution in [0.15, 0.2) is 36.4 Å². The van der Waals surface area contributed by atoms with Gasteiger partial charge in [-0.15, -0.1) is 0 Å². The topological polar surface area (TPSA) is 31.5 Å². The molecule has 0 bridgehead atoms. The number of benzene rings is 1. The Morgan fingerprint density at radius 3 is 0.750 bits per heavy atom. The minimum absolute atomic E-state index is 0. The van der Waals surface area contributed by atoms with E-state index in [2.05, 4.69) is 0 Å². The molecule has 0 atom stereocenters. The molecule has 0 aliphatic heterocycles. The van der Waals surface area contributed by atoms with E-state index in [4.69, 9.17) is 0 Å². The van der Waals surface area contributed by atoms with Gasteiger partial charge in [-0.25, -0.2) is 0 Å². The molecule has 0 fully saturated rings. The van der Waals surface area contributed by atoms with Crippen molar-refractivity contribution in [2.75, 3.05) is 0 Å². The molecule has 1 nitrogen and oxygen atoms in total. The Kier molecular flexibility index (Phi) is 9.48. The molecule has 0 spiro atoms. The first-order valence-electron chi connectivity index (χ1n) is 2.00. The van der Waals surface area contributed by atoms with E-state index in [1.54, 1.807) is 0 Å². The molecule has 0 aliphatic carbocycles. The molecule has 2 N–H and O–H groups in total. The Balaban J connectivity index is 0. The Hall–Kier alpha value is -0.0213. The summed E-state index contributed by atoms with van der Waals surface area (Å²) in [6.07, 6.45) is 0. The Labute approximate surface area is 66.0 Å². The van der Waals surface area contributed by atoms with E-state index in [-0.39, 0.29) is 29.4 Å². The molecule has 1 aromatic rings. The van der Waals surface area contributed by atoms with E-state index in [0.717, 1.165) is 0 Å². The minimum atomic E-state index is 0. The van der Waals surface area contributed by atoms with Crippen molar-refractivity contribution < 1.29 is 5.48 Å². The van der Waals surface area contributed by atoms with Crippen molar-refractivity contribution in [2.24, 2.45) is 0 Å². The molecule has 0 saturated heterocycles. The molecule has 0 aliphatic rings. The van der Waals surface area contributed by atoms with Gasteiger partial charge >= 0.3 is 0 Å². The van der Waals surface area contributed by atoms with Gasteiger partial charge in [-0.2, -0.15) is 0 Å². The third-order valence-corrected chi connectivity index (χ3v) is 0.667. The summed E-state index contributed by atoms with van der Waals surface area (Å²) < 4.78 is 0. The van der Waals surface area contributed by atoms with Gasteiger partial charge in [0, 0.05) is 23.9 Å². The molecule has 42 valence electrons. The van der Waals surface area contributed by atoms with Crippen LogP contribution in [0.5, 0.6) is 0 Å². The smallest absolute Gasteiger partial charge is 0 e. The maximum absolute atomic E-state index is 2.00. The summed E-state index contributed by atoms with van der Waals surface area (Å²) in [6.45, 7) is 0. The van der Waals surface area contributed by atoms with Crippen molar-refractivity contribution in [2.45, 2.75) is 0 Å². The largest absolute Gasteiger partial charge is 0.412 e. The maximum Gasteiger partial charge on any atom is 0 e. The fourth-order valence-electron chi connectivity index (χ4n) is 0.385. The average molecular weight is 215 g/mol. The van der Waals surface area contributed by atoms with Gasteiger partial charge in [-0.3, -0.25) is 0 Å². The first-order valence-corrected chi connectivity index (χ1v) is 2.00. The quantitative estimate of drug-likeness (QED) is 0.563. The predicted octanol–water partition coefficient (Wildman–Crippen LogP) is 0.481. The minimum Gasteiger partial charge on any atom is -0.412 e. The maximum atomic E-state index is 2.00. The molecule has 1 aromatic carbocycles. The third kappa shape index (κ3) is 4.15. The Morgan fingerprint density at radius 2 is 0.625 bits per heavy atom. The molecule has 0 amide bonds. The van der Waals surface area contributed by atoms with E-state index in [1.807, 2.05) is 36.4 Å². The van der Waals surface area contributed by atoms with Crippen LogP contribution in [0.2, 0.25) is 0 Å². The van der Waals surface area contributed by atoms with Crippen LogP contribution in [-0.4, -0.2) is 29.4 Å².